The molecule has 28 heavy (non-hydrogen) atoms. The second-order valence-electron chi connectivity index (χ2n) is 6.44. The molecule has 8 heteroatoms. The van der Waals surface area contributed by atoms with E-state index in [1.807, 2.05) is 39.0 Å². The van der Waals surface area contributed by atoms with Crippen LogP contribution in [0, 0.1) is 20.8 Å². The van der Waals surface area contributed by atoms with Crippen LogP contribution < -0.4 is 10.6 Å². The molecular weight excluding hydrogens is 422 g/mol. The minimum Gasteiger partial charge on any atom is -0.343 e. The van der Waals surface area contributed by atoms with Crippen molar-refractivity contribution in [2.45, 2.75) is 20.8 Å². The summed E-state index contributed by atoms with van der Waals surface area (Å²) in [6.07, 6.45) is 1.47. The lowest BCUT2D eigenvalue weighted by molar-refractivity contribution is -0.115. The number of aryl methyl sites for hydroxylation is 3. The molecule has 2 heterocycles. The molecule has 0 radical (unpaired) electrons. The number of anilines is 1. The highest BCUT2D eigenvalue weighted by molar-refractivity contribution is 9.10. The third kappa shape index (κ3) is 4.64. The van der Waals surface area contributed by atoms with Crippen molar-refractivity contribution >= 4 is 33.4 Å². The lowest BCUT2D eigenvalue weighted by Gasteiger charge is -2.09. The van der Waals surface area contributed by atoms with Crippen LogP contribution in [0.1, 0.15) is 27.3 Å². The zero-order valence-corrected chi connectivity index (χ0v) is 17.4. The minimum atomic E-state index is -0.366. The van der Waals surface area contributed by atoms with Crippen molar-refractivity contribution in [2.24, 2.45) is 0 Å². The lowest BCUT2D eigenvalue weighted by Crippen LogP contribution is -2.32. The average molecular weight is 442 g/mol. The standard InChI is InChI=1S/C20H20BrN5O2/c1-12-8-16(5-6-17(12)21)24-19(27)11-23-20(28)15-4-7-18(22-10-15)26-14(3)9-13(2)25-26/h4-10H,11H2,1-3H3,(H,23,28)(H,24,27). The quantitative estimate of drug-likeness (QED) is 0.635. The number of aromatic nitrogens is 3. The van der Waals surface area contributed by atoms with Crippen molar-refractivity contribution in [2.75, 3.05) is 11.9 Å². The smallest absolute Gasteiger partial charge is 0.253 e. The maximum atomic E-state index is 12.3. The van der Waals surface area contributed by atoms with Crippen LogP contribution in [0.5, 0.6) is 0 Å². The van der Waals surface area contributed by atoms with Gasteiger partial charge in [-0.15, -0.1) is 0 Å². The summed E-state index contributed by atoms with van der Waals surface area (Å²) < 4.78 is 2.68. The number of nitrogens with one attached hydrogen (secondary N) is 2. The summed E-state index contributed by atoms with van der Waals surface area (Å²) in [5, 5.41) is 9.71. The number of carbonyl (C=O) groups is 2. The molecule has 0 bridgehead atoms. The highest BCUT2D eigenvalue weighted by Crippen LogP contribution is 2.19. The van der Waals surface area contributed by atoms with Crippen LogP contribution in [0.3, 0.4) is 0 Å². The second kappa shape index (κ2) is 8.35. The molecule has 0 aliphatic heterocycles. The van der Waals surface area contributed by atoms with Crippen LogP contribution >= 0.6 is 15.9 Å². The summed E-state index contributed by atoms with van der Waals surface area (Å²) in [5.74, 6) is -0.0395. The Labute approximate surface area is 171 Å². The van der Waals surface area contributed by atoms with Crippen molar-refractivity contribution in [1.29, 1.82) is 0 Å². The fourth-order valence-electron chi connectivity index (χ4n) is 2.70. The van der Waals surface area contributed by atoms with Gasteiger partial charge in [0.05, 0.1) is 17.8 Å². The normalized spacial score (nSPS) is 10.6. The van der Waals surface area contributed by atoms with Gasteiger partial charge >= 0.3 is 0 Å². The van der Waals surface area contributed by atoms with E-state index in [4.69, 9.17) is 0 Å². The molecule has 2 aromatic heterocycles. The predicted molar refractivity (Wildman–Crippen MR) is 111 cm³/mol. The van der Waals surface area contributed by atoms with Crippen LogP contribution in [0.25, 0.3) is 5.82 Å². The van der Waals surface area contributed by atoms with Crippen molar-refractivity contribution in [1.82, 2.24) is 20.1 Å². The molecule has 2 amide bonds. The van der Waals surface area contributed by atoms with Gasteiger partial charge in [-0.2, -0.15) is 5.10 Å². The van der Waals surface area contributed by atoms with Crippen LogP contribution in [0.4, 0.5) is 5.69 Å². The van der Waals surface area contributed by atoms with E-state index in [-0.39, 0.29) is 18.4 Å². The van der Waals surface area contributed by atoms with Gasteiger partial charge in [0, 0.05) is 22.1 Å². The van der Waals surface area contributed by atoms with Crippen LogP contribution in [-0.2, 0) is 4.79 Å². The molecule has 3 rings (SSSR count). The Morgan fingerprint density at radius 2 is 1.89 bits per heavy atom. The Morgan fingerprint density at radius 3 is 2.50 bits per heavy atom. The lowest BCUT2D eigenvalue weighted by atomic mass is 10.2. The highest BCUT2D eigenvalue weighted by atomic mass is 79.9. The molecule has 0 fully saturated rings. The zero-order chi connectivity index (χ0) is 20.3. The number of nitrogens with zero attached hydrogens (tertiary/aromatic N) is 3. The van der Waals surface area contributed by atoms with Gasteiger partial charge in [-0.05, 0) is 62.7 Å². The van der Waals surface area contributed by atoms with E-state index >= 15 is 0 Å². The Kier molecular flexibility index (Phi) is 5.89. The monoisotopic (exact) mass is 441 g/mol. The molecule has 3 aromatic rings. The number of benzene rings is 1. The van der Waals surface area contributed by atoms with Crippen LogP contribution in [0.15, 0.2) is 47.1 Å². The molecule has 7 nitrogen and oxygen atoms in total. The second-order valence-corrected chi connectivity index (χ2v) is 7.29. The first-order valence-electron chi connectivity index (χ1n) is 8.67. The highest BCUT2D eigenvalue weighted by Gasteiger charge is 2.11. The van der Waals surface area contributed by atoms with Gasteiger partial charge in [-0.1, -0.05) is 15.9 Å². The SMILES string of the molecule is Cc1cc(C)n(-c2ccc(C(=O)NCC(=O)Nc3ccc(Br)c(C)c3)cn2)n1. The topological polar surface area (TPSA) is 88.9 Å². The number of hydrogen-bond acceptors (Lipinski definition) is 4. The first-order chi connectivity index (χ1) is 13.3. The predicted octanol–water partition coefficient (Wildman–Crippen LogP) is 3.32. The first-order valence-corrected chi connectivity index (χ1v) is 9.46. The maximum absolute atomic E-state index is 12.3. The van der Waals surface area contributed by atoms with Crippen molar-refractivity contribution in [3.63, 3.8) is 0 Å². The molecule has 0 atom stereocenters. The van der Waals surface area contributed by atoms with Gasteiger partial charge in [0.15, 0.2) is 5.82 Å². The summed E-state index contributed by atoms with van der Waals surface area (Å²) >= 11 is 3.42. The number of rotatable bonds is 5. The summed E-state index contributed by atoms with van der Waals surface area (Å²) in [4.78, 5) is 28.6. The van der Waals surface area contributed by atoms with Crippen molar-refractivity contribution in [3.8, 4) is 5.82 Å². The van der Waals surface area contributed by atoms with Crippen LogP contribution in [0.2, 0.25) is 0 Å². The van der Waals surface area contributed by atoms with Crippen molar-refractivity contribution < 1.29 is 9.59 Å². The van der Waals surface area contributed by atoms with E-state index < -0.39 is 0 Å². The van der Waals surface area contributed by atoms with Gasteiger partial charge < -0.3 is 10.6 Å². The first kappa shape index (κ1) is 19.8. The number of halogens is 1. The van der Waals surface area contributed by atoms with Gasteiger partial charge in [-0.3, -0.25) is 9.59 Å². The number of pyridine rings is 1. The molecule has 0 aliphatic rings. The fourth-order valence-corrected chi connectivity index (χ4v) is 2.94. The third-order valence-electron chi connectivity index (χ3n) is 4.09. The molecule has 0 saturated heterocycles. The van der Waals surface area contributed by atoms with E-state index in [9.17, 15) is 9.59 Å². The van der Waals surface area contributed by atoms with E-state index in [0.717, 1.165) is 21.4 Å². The molecule has 1 aromatic carbocycles. The summed E-state index contributed by atoms with van der Waals surface area (Å²) in [5.41, 5.74) is 3.92. The molecule has 0 unspecified atom stereocenters. The van der Waals surface area contributed by atoms with Gasteiger partial charge in [0.2, 0.25) is 5.91 Å². The van der Waals surface area contributed by atoms with Gasteiger partial charge in [-0.25, -0.2) is 9.67 Å². The van der Waals surface area contributed by atoms with E-state index in [1.165, 1.54) is 6.20 Å². The van der Waals surface area contributed by atoms with E-state index in [0.29, 0.717) is 17.1 Å². The average Bonchev–Trinajstić information content (AvgIpc) is 3.01. The number of hydrogen-bond donors (Lipinski definition) is 2. The minimum absolute atomic E-state index is 0.132. The number of amides is 2. The van der Waals surface area contributed by atoms with Gasteiger partial charge in [0.25, 0.3) is 5.91 Å². The molecule has 0 spiro atoms. The maximum Gasteiger partial charge on any atom is 0.253 e. The third-order valence-corrected chi connectivity index (χ3v) is 4.98. The molecule has 0 aliphatic carbocycles. The van der Waals surface area contributed by atoms with E-state index in [1.54, 1.807) is 22.9 Å². The molecule has 0 saturated carbocycles. The van der Waals surface area contributed by atoms with Gasteiger partial charge in [0.1, 0.15) is 0 Å². The Morgan fingerprint density at radius 1 is 1.11 bits per heavy atom. The Hall–Kier alpha value is -3.00. The molecular formula is C20H20BrN5O2. The van der Waals surface area contributed by atoms with Crippen LogP contribution in [-0.4, -0.2) is 33.1 Å². The van der Waals surface area contributed by atoms with Crippen molar-refractivity contribution in [3.05, 3.63) is 69.6 Å². The fraction of sp³-hybridized carbons (Fsp3) is 0.200. The Balaban J connectivity index is 1.57. The largest absolute Gasteiger partial charge is 0.343 e. The van der Waals surface area contributed by atoms with E-state index in [2.05, 4.69) is 36.6 Å². The summed E-state index contributed by atoms with van der Waals surface area (Å²) in [7, 11) is 0. The molecule has 144 valence electrons. The summed E-state index contributed by atoms with van der Waals surface area (Å²) in [6.45, 7) is 5.65. The number of carbonyl (C=O) groups excluding carboxylic acids is 2. The Bertz CT molecular complexity index is 1030. The summed E-state index contributed by atoms with van der Waals surface area (Å²) in [6, 6.07) is 10.8. The zero-order valence-electron chi connectivity index (χ0n) is 15.8. The molecule has 2 N–H and O–H groups in total.